The quantitative estimate of drug-likeness (QED) is 0.751. The molecule has 0 aliphatic heterocycles. The van der Waals surface area contributed by atoms with Gasteiger partial charge < -0.3 is 14.8 Å². The van der Waals surface area contributed by atoms with Crippen LogP contribution in [0.25, 0.3) is 0 Å². The van der Waals surface area contributed by atoms with Crippen LogP contribution in [0.4, 0.5) is 13.2 Å². The van der Waals surface area contributed by atoms with Gasteiger partial charge in [-0.25, -0.2) is 4.79 Å². The minimum Gasteiger partial charge on any atom is -0.475 e. The third-order valence-electron chi connectivity index (χ3n) is 2.60. The van der Waals surface area contributed by atoms with E-state index in [0.29, 0.717) is 18.7 Å². The molecule has 19 heavy (non-hydrogen) atoms. The maximum absolute atomic E-state index is 11.9. The van der Waals surface area contributed by atoms with Crippen LogP contribution in [0.2, 0.25) is 0 Å². The Kier molecular flexibility index (Phi) is 5.41. The zero-order valence-corrected chi connectivity index (χ0v) is 10.5. The first-order valence-electron chi connectivity index (χ1n) is 5.93. The molecule has 0 amide bonds. The van der Waals surface area contributed by atoms with Gasteiger partial charge in [-0.2, -0.15) is 13.2 Å². The fraction of sp³-hybridized carbons (Fsp3) is 0.583. The zero-order valence-electron chi connectivity index (χ0n) is 10.5. The summed E-state index contributed by atoms with van der Waals surface area (Å²) in [6.45, 7) is 2.18. The van der Waals surface area contributed by atoms with Gasteiger partial charge in [-0.05, 0) is 38.4 Å². The van der Waals surface area contributed by atoms with Crippen molar-refractivity contribution in [3.05, 3.63) is 23.7 Å². The molecule has 1 heterocycles. The predicted octanol–water partition coefficient (Wildman–Crippen LogP) is 3.36. The van der Waals surface area contributed by atoms with E-state index >= 15 is 0 Å². The fourth-order valence-electron chi connectivity index (χ4n) is 1.57. The Balaban J connectivity index is 2.27. The van der Waals surface area contributed by atoms with E-state index < -0.39 is 18.6 Å². The lowest BCUT2D eigenvalue weighted by atomic mass is 10.2. The normalized spacial score (nSPS) is 13.5. The van der Waals surface area contributed by atoms with E-state index in [2.05, 4.69) is 5.32 Å². The molecule has 1 unspecified atom stereocenters. The lowest BCUT2D eigenvalue weighted by Gasteiger charge is -2.11. The number of alkyl halides is 3. The molecule has 2 N–H and O–H groups in total. The molecule has 0 aliphatic rings. The Morgan fingerprint density at radius 3 is 2.63 bits per heavy atom. The van der Waals surface area contributed by atoms with E-state index in [1.165, 1.54) is 12.1 Å². The largest absolute Gasteiger partial charge is 0.475 e. The number of rotatable bonds is 7. The highest BCUT2D eigenvalue weighted by atomic mass is 19.4. The van der Waals surface area contributed by atoms with Gasteiger partial charge in [-0.15, -0.1) is 0 Å². The van der Waals surface area contributed by atoms with Crippen LogP contribution >= 0.6 is 0 Å². The second kappa shape index (κ2) is 6.60. The van der Waals surface area contributed by atoms with Crippen molar-refractivity contribution in [3.8, 4) is 0 Å². The standard InChI is InChI=1S/C12H16F3NO3/c1-8(9-4-5-10(19-9)11(17)18)16-7-3-2-6-12(13,14)15/h4-5,8,16H,2-3,6-7H2,1H3,(H,17,18). The maximum atomic E-state index is 11.9. The maximum Gasteiger partial charge on any atom is 0.389 e. The van der Waals surface area contributed by atoms with E-state index in [0.717, 1.165) is 0 Å². The second-order valence-corrected chi connectivity index (χ2v) is 4.26. The Morgan fingerprint density at radius 1 is 1.42 bits per heavy atom. The average molecular weight is 279 g/mol. The van der Waals surface area contributed by atoms with Crippen molar-refractivity contribution >= 4 is 5.97 Å². The second-order valence-electron chi connectivity index (χ2n) is 4.26. The van der Waals surface area contributed by atoms with Crippen LogP contribution in [-0.2, 0) is 0 Å². The zero-order chi connectivity index (χ0) is 14.5. The molecule has 1 atom stereocenters. The van der Waals surface area contributed by atoms with Gasteiger partial charge in [0.05, 0.1) is 6.04 Å². The van der Waals surface area contributed by atoms with Crippen LogP contribution in [-0.4, -0.2) is 23.8 Å². The lowest BCUT2D eigenvalue weighted by molar-refractivity contribution is -0.135. The summed E-state index contributed by atoms with van der Waals surface area (Å²) in [5.41, 5.74) is 0. The number of carboxylic acids is 1. The van der Waals surface area contributed by atoms with E-state index in [-0.39, 0.29) is 18.2 Å². The van der Waals surface area contributed by atoms with E-state index in [1.54, 1.807) is 6.92 Å². The predicted molar refractivity (Wildman–Crippen MR) is 62.0 cm³/mol. The van der Waals surface area contributed by atoms with Gasteiger partial charge in [0.1, 0.15) is 5.76 Å². The van der Waals surface area contributed by atoms with E-state index in [9.17, 15) is 18.0 Å². The van der Waals surface area contributed by atoms with Crippen molar-refractivity contribution in [1.29, 1.82) is 0 Å². The number of nitrogens with one attached hydrogen (secondary N) is 1. The van der Waals surface area contributed by atoms with Crippen LogP contribution < -0.4 is 5.32 Å². The molecule has 0 saturated heterocycles. The first-order chi connectivity index (χ1) is 8.79. The molecule has 0 spiro atoms. The van der Waals surface area contributed by atoms with Crippen LogP contribution in [0.15, 0.2) is 16.5 Å². The highest BCUT2D eigenvalue weighted by molar-refractivity contribution is 5.84. The number of aromatic carboxylic acids is 1. The molecule has 0 aliphatic carbocycles. The first kappa shape index (κ1) is 15.6. The monoisotopic (exact) mass is 279 g/mol. The molecule has 1 rings (SSSR count). The average Bonchev–Trinajstić information content (AvgIpc) is 2.76. The number of halogens is 3. The number of carboxylic acid groups (broad SMARTS) is 1. The minimum absolute atomic E-state index is 0.0712. The SMILES string of the molecule is CC(NCCCCC(F)(F)F)c1ccc(C(=O)O)o1. The van der Waals surface area contributed by atoms with Crippen LogP contribution in [0.5, 0.6) is 0 Å². The Hall–Kier alpha value is -1.50. The molecule has 1 aromatic heterocycles. The summed E-state index contributed by atoms with van der Waals surface area (Å²) < 4.78 is 40.8. The molecule has 1 aromatic rings. The van der Waals surface area contributed by atoms with Gasteiger partial charge in [-0.3, -0.25) is 0 Å². The summed E-state index contributed by atoms with van der Waals surface area (Å²) in [5.74, 6) is -0.849. The van der Waals surface area contributed by atoms with Crippen molar-refractivity contribution in [2.45, 2.75) is 38.4 Å². The van der Waals surface area contributed by atoms with Gasteiger partial charge in [0.15, 0.2) is 0 Å². The first-order valence-corrected chi connectivity index (χ1v) is 5.93. The number of unbranched alkanes of at least 4 members (excludes halogenated alkanes) is 1. The highest BCUT2D eigenvalue weighted by Gasteiger charge is 2.25. The summed E-state index contributed by atoms with van der Waals surface area (Å²) in [5, 5.41) is 11.7. The lowest BCUT2D eigenvalue weighted by Crippen LogP contribution is -2.20. The Morgan fingerprint density at radius 2 is 2.11 bits per heavy atom. The molecule has 7 heteroatoms. The number of carbonyl (C=O) groups is 1. The topological polar surface area (TPSA) is 62.5 Å². The molecule has 0 saturated carbocycles. The smallest absolute Gasteiger partial charge is 0.389 e. The molecule has 0 bridgehead atoms. The van der Waals surface area contributed by atoms with Gasteiger partial charge in [0, 0.05) is 6.42 Å². The van der Waals surface area contributed by atoms with E-state index in [1.807, 2.05) is 0 Å². The number of hydrogen-bond acceptors (Lipinski definition) is 3. The van der Waals surface area contributed by atoms with Crippen LogP contribution in [0.1, 0.15) is 48.5 Å². The van der Waals surface area contributed by atoms with Gasteiger partial charge >= 0.3 is 12.1 Å². The van der Waals surface area contributed by atoms with Crippen molar-refractivity contribution in [2.75, 3.05) is 6.54 Å². The minimum atomic E-state index is -4.11. The molecule has 4 nitrogen and oxygen atoms in total. The summed E-state index contributed by atoms with van der Waals surface area (Å²) in [6, 6.07) is 2.65. The fourth-order valence-corrected chi connectivity index (χ4v) is 1.57. The molecule has 0 radical (unpaired) electrons. The van der Waals surface area contributed by atoms with Gasteiger partial charge in [0.2, 0.25) is 5.76 Å². The molecule has 108 valence electrons. The summed E-state index contributed by atoms with van der Waals surface area (Å²) in [6.07, 6.45) is -4.42. The third kappa shape index (κ3) is 5.78. The number of hydrogen-bond donors (Lipinski definition) is 2. The third-order valence-corrected chi connectivity index (χ3v) is 2.60. The Labute approximate surface area is 108 Å². The highest BCUT2D eigenvalue weighted by Crippen LogP contribution is 2.22. The summed E-state index contributed by atoms with van der Waals surface area (Å²) >= 11 is 0. The van der Waals surface area contributed by atoms with Gasteiger partial charge in [-0.1, -0.05) is 0 Å². The van der Waals surface area contributed by atoms with E-state index in [4.69, 9.17) is 9.52 Å². The van der Waals surface area contributed by atoms with Crippen molar-refractivity contribution in [3.63, 3.8) is 0 Å². The van der Waals surface area contributed by atoms with Crippen molar-refractivity contribution < 1.29 is 27.5 Å². The summed E-state index contributed by atoms with van der Waals surface area (Å²) in [7, 11) is 0. The Bertz CT molecular complexity index is 415. The van der Waals surface area contributed by atoms with Crippen LogP contribution in [0.3, 0.4) is 0 Å². The molecular weight excluding hydrogens is 263 g/mol. The summed E-state index contributed by atoms with van der Waals surface area (Å²) in [4.78, 5) is 10.6. The van der Waals surface area contributed by atoms with Crippen molar-refractivity contribution in [2.24, 2.45) is 0 Å². The number of furan rings is 1. The van der Waals surface area contributed by atoms with Gasteiger partial charge in [0.25, 0.3) is 0 Å². The molecule has 0 aromatic carbocycles. The van der Waals surface area contributed by atoms with Crippen LogP contribution in [0, 0.1) is 0 Å². The van der Waals surface area contributed by atoms with Crippen molar-refractivity contribution in [1.82, 2.24) is 5.32 Å². The molecular formula is C12H16F3NO3. The molecule has 0 fully saturated rings.